The Morgan fingerprint density at radius 1 is 1.14 bits per heavy atom. The first-order chi connectivity index (χ1) is 10.5. The Hall–Kier alpha value is -2.40. The summed E-state index contributed by atoms with van der Waals surface area (Å²) in [6.07, 6.45) is -1.61. The van der Waals surface area contributed by atoms with E-state index in [-0.39, 0.29) is 17.0 Å². The van der Waals surface area contributed by atoms with E-state index in [1.165, 1.54) is 18.2 Å². The molecule has 0 aliphatic heterocycles. The van der Waals surface area contributed by atoms with E-state index in [1.807, 2.05) is 0 Å². The number of esters is 1. The molecular formula is C16H13ClFNO3. The Morgan fingerprint density at radius 2 is 1.82 bits per heavy atom. The SMILES string of the molecule is NC(=O)C(OC(=O)Cc1c(F)cccc1Cl)c1ccccc1. The van der Waals surface area contributed by atoms with Gasteiger partial charge in [-0.1, -0.05) is 48.0 Å². The molecule has 0 spiro atoms. The first-order valence-corrected chi connectivity index (χ1v) is 6.83. The van der Waals surface area contributed by atoms with Crippen LogP contribution in [0.2, 0.25) is 5.02 Å². The summed E-state index contributed by atoms with van der Waals surface area (Å²) in [5.41, 5.74) is 5.72. The maximum atomic E-state index is 13.6. The molecule has 1 atom stereocenters. The van der Waals surface area contributed by atoms with E-state index in [1.54, 1.807) is 30.3 Å². The van der Waals surface area contributed by atoms with Crippen molar-refractivity contribution < 1.29 is 18.7 Å². The van der Waals surface area contributed by atoms with Gasteiger partial charge in [-0.05, 0) is 12.1 Å². The lowest BCUT2D eigenvalue weighted by Gasteiger charge is -2.15. The van der Waals surface area contributed by atoms with Crippen molar-refractivity contribution in [3.8, 4) is 0 Å². The Morgan fingerprint density at radius 3 is 2.41 bits per heavy atom. The van der Waals surface area contributed by atoms with E-state index in [0.29, 0.717) is 5.56 Å². The average molecular weight is 322 g/mol. The highest BCUT2D eigenvalue weighted by molar-refractivity contribution is 6.31. The number of carbonyl (C=O) groups is 2. The molecule has 2 aromatic carbocycles. The summed E-state index contributed by atoms with van der Waals surface area (Å²) in [7, 11) is 0. The van der Waals surface area contributed by atoms with E-state index in [4.69, 9.17) is 22.1 Å². The first-order valence-electron chi connectivity index (χ1n) is 6.45. The normalized spacial score (nSPS) is 11.7. The van der Waals surface area contributed by atoms with Gasteiger partial charge in [0.25, 0.3) is 5.91 Å². The predicted octanol–water partition coefficient (Wildman–Crippen LogP) is 2.79. The van der Waals surface area contributed by atoms with Gasteiger partial charge in [-0.25, -0.2) is 4.39 Å². The predicted molar refractivity (Wildman–Crippen MR) is 79.6 cm³/mol. The summed E-state index contributed by atoms with van der Waals surface area (Å²) in [4.78, 5) is 23.4. The third-order valence-electron chi connectivity index (χ3n) is 2.99. The van der Waals surface area contributed by atoms with Crippen LogP contribution in [0.15, 0.2) is 48.5 Å². The summed E-state index contributed by atoms with van der Waals surface area (Å²) in [6, 6.07) is 12.4. The molecule has 0 aromatic heterocycles. The lowest BCUT2D eigenvalue weighted by atomic mass is 10.1. The van der Waals surface area contributed by atoms with Crippen LogP contribution in [0.4, 0.5) is 4.39 Å². The summed E-state index contributed by atoms with van der Waals surface area (Å²) < 4.78 is 18.7. The van der Waals surface area contributed by atoms with Gasteiger partial charge in [0, 0.05) is 16.1 Å². The molecule has 0 bridgehead atoms. The van der Waals surface area contributed by atoms with Crippen molar-refractivity contribution in [2.45, 2.75) is 12.5 Å². The second-order valence-corrected chi connectivity index (χ2v) is 4.97. The number of amides is 1. The van der Waals surface area contributed by atoms with Gasteiger partial charge < -0.3 is 10.5 Å². The van der Waals surface area contributed by atoms with E-state index in [9.17, 15) is 14.0 Å². The standard InChI is InChI=1S/C16H13ClFNO3/c17-12-7-4-8-13(18)11(12)9-14(20)22-15(16(19)21)10-5-2-1-3-6-10/h1-8,15H,9H2,(H2,19,21). The molecule has 2 N–H and O–H groups in total. The Bertz CT molecular complexity index is 671. The molecule has 2 rings (SSSR count). The fourth-order valence-electron chi connectivity index (χ4n) is 1.94. The van der Waals surface area contributed by atoms with Crippen LogP contribution in [-0.2, 0) is 20.7 Å². The van der Waals surface area contributed by atoms with Gasteiger partial charge in [0.05, 0.1) is 6.42 Å². The Balaban J connectivity index is 2.14. The van der Waals surface area contributed by atoms with E-state index >= 15 is 0 Å². The van der Waals surface area contributed by atoms with Gasteiger partial charge >= 0.3 is 5.97 Å². The number of halogens is 2. The zero-order valence-electron chi connectivity index (χ0n) is 11.5. The number of carbonyl (C=O) groups excluding carboxylic acids is 2. The molecule has 0 aliphatic carbocycles. The topological polar surface area (TPSA) is 69.4 Å². The van der Waals surface area contributed by atoms with Crippen LogP contribution >= 0.6 is 11.6 Å². The highest BCUT2D eigenvalue weighted by Gasteiger charge is 2.23. The molecule has 114 valence electrons. The summed E-state index contributed by atoms with van der Waals surface area (Å²) in [6.45, 7) is 0. The molecule has 1 unspecified atom stereocenters. The molecule has 22 heavy (non-hydrogen) atoms. The minimum Gasteiger partial charge on any atom is -0.447 e. The van der Waals surface area contributed by atoms with Crippen molar-refractivity contribution in [3.05, 3.63) is 70.5 Å². The number of ether oxygens (including phenoxy) is 1. The number of primary amides is 1. The van der Waals surface area contributed by atoms with E-state index < -0.39 is 23.8 Å². The molecule has 2 aromatic rings. The quantitative estimate of drug-likeness (QED) is 0.861. The second kappa shape index (κ2) is 7.04. The van der Waals surface area contributed by atoms with Crippen molar-refractivity contribution in [1.82, 2.24) is 0 Å². The minimum absolute atomic E-state index is 0.0189. The van der Waals surface area contributed by atoms with Crippen LogP contribution in [0.3, 0.4) is 0 Å². The Labute approximate surface area is 131 Å². The lowest BCUT2D eigenvalue weighted by Crippen LogP contribution is -2.27. The summed E-state index contributed by atoms with van der Waals surface area (Å²) in [5, 5.41) is 0.118. The molecular weight excluding hydrogens is 309 g/mol. The maximum Gasteiger partial charge on any atom is 0.311 e. The molecule has 4 nitrogen and oxygen atoms in total. The van der Waals surface area contributed by atoms with Crippen molar-refractivity contribution in [2.75, 3.05) is 0 Å². The molecule has 0 radical (unpaired) electrons. The zero-order chi connectivity index (χ0) is 16.1. The van der Waals surface area contributed by atoms with Gasteiger partial charge in [0.15, 0.2) is 0 Å². The molecule has 1 amide bonds. The number of rotatable bonds is 5. The number of hydrogen-bond acceptors (Lipinski definition) is 3. The third-order valence-corrected chi connectivity index (χ3v) is 3.35. The van der Waals surface area contributed by atoms with Crippen molar-refractivity contribution in [2.24, 2.45) is 5.73 Å². The third kappa shape index (κ3) is 3.83. The molecule has 0 heterocycles. The zero-order valence-corrected chi connectivity index (χ0v) is 12.2. The number of hydrogen-bond donors (Lipinski definition) is 1. The fraction of sp³-hybridized carbons (Fsp3) is 0.125. The number of benzene rings is 2. The van der Waals surface area contributed by atoms with Crippen LogP contribution < -0.4 is 5.73 Å². The van der Waals surface area contributed by atoms with Gasteiger partial charge in [0.1, 0.15) is 5.82 Å². The largest absolute Gasteiger partial charge is 0.447 e. The van der Waals surface area contributed by atoms with E-state index in [0.717, 1.165) is 0 Å². The van der Waals surface area contributed by atoms with Crippen LogP contribution in [0, 0.1) is 5.82 Å². The fourth-order valence-corrected chi connectivity index (χ4v) is 2.17. The van der Waals surface area contributed by atoms with E-state index in [2.05, 4.69) is 0 Å². The first kappa shape index (κ1) is 16.0. The van der Waals surface area contributed by atoms with Crippen LogP contribution in [0.1, 0.15) is 17.2 Å². The van der Waals surface area contributed by atoms with Crippen LogP contribution in [0.25, 0.3) is 0 Å². The van der Waals surface area contributed by atoms with Crippen molar-refractivity contribution in [1.29, 1.82) is 0 Å². The smallest absolute Gasteiger partial charge is 0.311 e. The minimum atomic E-state index is -1.22. The molecule has 6 heteroatoms. The highest BCUT2D eigenvalue weighted by atomic mass is 35.5. The van der Waals surface area contributed by atoms with Crippen molar-refractivity contribution in [3.63, 3.8) is 0 Å². The Kier molecular flexibility index (Phi) is 5.12. The van der Waals surface area contributed by atoms with Crippen molar-refractivity contribution >= 4 is 23.5 Å². The molecule has 0 aliphatic rings. The van der Waals surface area contributed by atoms with Crippen LogP contribution in [0.5, 0.6) is 0 Å². The lowest BCUT2D eigenvalue weighted by molar-refractivity contribution is -0.154. The monoisotopic (exact) mass is 321 g/mol. The molecule has 0 fully saturated rings. The second-order valence-electron chi connectivity index (χ2n) is 4.56. The maximum absolute atomic E-state index is 13.6. The summed E-state index contributed by atoms with van der Waals surface area (Å²) in [5.74, 6) is -2.21. The van der Waals surface area contributed by atoms with Gasteiger partial charge in [0.2, 0.25) is 6.10 Å². The van der Waals surface area contributed by atoms with Gasteiger partial charge in [-0.3, -0.25) is 9.59 Å². The molecule has 0 saturated heterocycles. The van der Waals surface area contributed by atoms with Gasteiger partial charge in [-0.2, -0.15) is 0 Å². The van der Waals surface area contributed by atoms with Crippen LogP contribution in [-0.4, -0.2) is 11.9 Å². The average Bonchev–Trinajstić information content (AvgIpc) is 2.49. The summed E-state index contributed by atoms with van der Waals surface area (Å²) >= 11 is 5.85. The number of nitrogens with two attached hydrogens (primary N) is 1. The highest BCUT2D eigenvalue weighted by Crippen LogP contribution is 2.22. The molecule has 0 saturated carbocycles. The van der Waals surface area contributed by atoms with Gasteiger partial charge in [-0.15, -0.1) is 0 Å².